The molecule has 0 aromatic heterocycles. The van der Waals surface area contributed by atoms with Crippen molar-refractivity contribution in [2.45, 2.75) is 0 Å². The molecule has 0 unspecified atom stereocenters. The number of nitrogens with zero attached hydrogens (tertiary/aromatic N) is 2. The Morgan fingerprint density at radius 1 is 0.944 bits per heavy atom. The van der Waals surface area contributed by atoms with Gasteiger partial charge in [0.15, 0.2) is 0 Å². The zero-order valence-corrected chi connectivity index (χ0v) is 9.99. The Morgan fingerprint density at radius 2 is 1.67 bits per heavy atom. The molecule has 3 heteroatoms. The first-order valence-corrected chi connectivity index (χ1v) is 5.69. The molecule has 0 aliphatic carbocycles. The van der Waals surface area contributed by atoms with Gasteiger partial charge in [0.2, 0.25) is 0 Å². The largest absolute Gasteiger partial charge is 0.487 e. The van der Waals surface area contributed by atoms with E-state index in [-0.39, 0.29) is 0 Å². The van der Waals surface area contributed by atoms with Crippen molar-refractivity contribution < 1.29 is 4.74 Å². The summed E-state index contributed by atoms with van der Waals surface area (Å²) in [6.45, 7) is 4.08. The molecular weight excluding hydrogens is 224 g/mol. The summed E-state index contributed by atoms with van der Waals surface area (Å²) in [5.74, 6) is 0.706. The summed E-state index contributed by atoms with van der Waals surface area (Å²) in [6, 6.07) is 17.1. The summed E-state index contributed by atoms with van der Waals surface area (Å²) in [5.41, 5.74) is 1.53. The zero-order chi connectivity index (χ0) is 12.6. The van der Waals surface area contributed by atoms with Crippen LogP contribution in [0.2, 0.25) is 0 Å². The number of azo groups is 1. The van der Waals surface area contributed by atoms with Crippen molar-refractivity contribution in [3.63, 3.8) is 0 Å². The maximum atomic E-state index is 5.50. The number of hydrogen-bond donors (Lipinski definition) is 0. The zero-order valence-electron chi connectivity index (χ0n) is 9.99. The van der Waals surface area contributed by atoms with Gasteiger partial charge < -0.3 is 4.74 Å². The van der Waals surface area contributed by atoms with Gasteiger partial charge in [-0.3, -0.25) is 0 Å². The van der Waals surface area contributed by atoms with Crippen LogP contribution in [0.15, 0.2) is 77.5 Å². The average molecular weight is 238 g/mol. The molecule has 0 saturated heterocycles. The van der Waals surface area contributed by atoms with Gasteiger partial charge in [0.1, 0.15) is 18.0 Å². The highest BCUT2D eigenvalue weighted by molar-refractivity contribution is 5.51. The molecule has 0 aliphatic heterocycles. The van der Waals surface area contributed by atoms with Gasteiger partial charge in [0, 0.05) is 0 Å². The fourth-order valence-electron chi connectivity index (χ4n) is 1.42. The van der Waals surface area contributed by atoms with E-state index in [0.717, 1.165) is 5.69 Å². The van der Waals surface area contributed by atoms with Crippen LogP contribution in [0.25, 0.3) is 0 Å². The van der Waals surface area contributed by atoms with Crippen LogP contribution in [0.3, 0.4) is 0 Å². The molecule has 0 saturated carbocycles. The second-order valence-electron chi connectivity index (χ2n) is 3.60. The van der Waals surface area contributed by atoms with E-state index >= 15 is 0 Å². The molecule has 3 nitrogen and oxygen atoms in total. The molecule has 0 spiro atoms. The van der Waals surface area contributed by atoms with Gasteiger partial charge in [-0.2, -0.15) is 5.11 Å². The van der Waals surface area contributed by atoms with Gasteiger partial charge in [-0.1, -0.05) is 43.0 Å². The van der Waals surface area contributed by atoms with Crippen LogP contribution in [0.5, 0.6) is 5.75 Å². The number of rotatable bonds is 5. The lowest BCUT2D eigenvalue weighted by Crippen LogP contribution is -1.92. The number of para-hydroxylation sites is 1. The van der Waals surface area contributed by atoms with E-state index in [4.69, 9.17) is 4.74 Å². The Hall–Kier alpha value is -2.42. The van der Waals surface area contributed by atoms with E-state index in [2.05, 4.69) is 16.8 Å². The van der Waals surface area contributed by atoms with Crippen LogP contribution in [0, 0.1) is 0 Å². The van der Waals surface area contributed by atoms with Crippen LogP contribution in [0.4, 0.5) is 11.4 Å². The quantitative estimate of drug-likeness (QED) is 0.550. The van der Waals surface area contributed by atoms with Crippen LogP contribution in [-0.4, -0.2) is 6.61 Å². The molecule has 0 N–H and O–H groups in total. The van der Waals surface area contributed by atoms with E-state index in [1.807, 2.05) is 54.6 Å². The summed E-state index contributed by atoms with van der Waals surface area (Å²) < 4.78 is 5.50. The lowest BCUT2D eigenvalue weighted by atomic mass is 10.3. The molecule has 2 aromatic rings. The van der Waals surface area contributed by atoms with Gasteiger partial charge in [0.05, 0.1) is 5.69 Å². The second-order valence-corrected chi connectivity index (χ2v) is 3.60. The standard InChI is InChI=1S/C15H14N2O/c1-2-12-18-15-11-7-6-10-14(15)17-16-13-8-4-3-5-9-13/h2-11H,1,12H2. The smallest absolute Gasteiger partial charge is 0.147 e. The lowest BCUT2D eigenvalue weighted by molar-refractivity contribution is 0.364. The first kappa shape index (κ1) is 12.0. The Morgan fingerprint density at radius 3 is 2.44 bits per heavy atom. The first-order chi connectivity index (χ1) is 8.90. The number of hydrogen-bond acceptors (Lipinski definition) is 3. The van der Waals surface area contributed by atoms with Gasteiger partial charge >= 0.3 is 0 Å². The van der Waals surface area contributed by atoms with Crippen LogP contribution >= 0.6 is 0 Å². The van der Waals surface area contributed by atoms with Crippen molar-refractivity contribution in [3.05, 3.63) is 67.3 Å². The highest BCUT2D eigenvalue weighted by Crippen LogP contribution is 2.28. The maximum Gasteiger partial charge on any atom is 0.147 e. The predicted molar refractivity (Wildman–Crippen MR) is 72.8 cm³/mol. The Bertz CT molecular complexity index is 535. The molecule has 0 bridgehead atoms. The molecule has 18 heavy (non-hydrogen) atoms. The summed E-state index contributed by atoms with van der Waals surface area (Å²) >= 11 is 0. The molecule has 2 aromatic carbocycles. The minimum atomic E-state index is 0.456. The topological polar surface area (TPSA) is 34.0 Å². The normalized spacial score (nSPS) is 10.4. The van der Waals surface area contributed by atoms with Crippen LogP contribution in [-0.2, 0) is 0 Å². The highest BCUT2D eigenvalue weighted by Gasteiger charge is 2.00. The average Bonchev–Trinajstić information content (AvgIpc) is 2.45. The van der Waals surface area contributed by atoms with Crippen molar-refractivity contribution in [3.8, 4) is 5.75 Å². The van der Waals surface area contributed by atoms with Crippen LogP contribution < -0.4 is 4.74 Å². The highest BCUT2D eigenvalue weighted by atomic mass is 16.5. The van der Waals surface area contributed by atoms with E-state index in [1.165, 1.54) is 0 Å². The van der Waals surface area contributed by atoms with Gasteiger partial charge in [-0.05, 0) is 24.3 Å². The number of ether oxygens (including phenoxy) is 1. The molecule has 0 fully saturated rings. The lowest BCUT2D eigenvalue weighted by Gasteiger charge is -2.04. The molecule has 0 radical (unpaired) electrons. The third-order valence-corrected chi connectivity index (χ3v) is 2.25. The van der Waals surface area contributed by atoms with Crippen molar-refractivity contribution in [2.24, 2.45) is 10.2 Å². The van der Waals surface area contributed by atoms with E-state index < -0.39 is 0 Å². The number of benzene rings is 2. The van der Waals surface area contributed by atoms with E-state index in [0.29, 0.717) is 18.0 Å². The molecule has 2 rings (SSSR count). The Kier molecular flexibility index (Phi) is 4.25. The van der Waals surface area contributed by atoms with Crippen molar-refractivity contribution >= 4 is 11.4 Å². The third-order valence-electron chi connectivity index (χ3n) is 2.25. The Balaban J connectivity index is 2.18. The molecule has 0 aliphatic rings. The fraction of sp³-hybridized carbons (Fsp3) is 0.0667. The predicted octanol–water partition coefficient (Wildman–Crippen LogP) is 4.67. The second kappa shape index (κ2) is 6.35. The van der Waals surface area contributed by atoms with Crippen molar-refractivity contribution in [2.75, 3.05) is 6.61 Å². The Labute approximate surface area is 106 Å². The van der Waals surface area contributed by atoms with Gasteiger partial charge in [-0.25, -0.2) is 0 Å². The van der Waals surface area contributed by atoms with Crippen molar-refractivity contribution in [1.29, 1.82) is 0 Å². The molecular formula is C15H14N2O. The minimum Gasteiger partial charge on any atom is -0.487 e. The molecule has 90 valence electrons. The summed E-state index contributed by atoms with van der Waals surface area (Å²) in [5, 5.41) is 8.36. The first-order valence-electron chi connectivity index (χ1n) is 5.69. The monoisotopic (exact) mass is 238 g/mol. The van der Waals surface area contributed by atoms with E-state index in [9.17, 15) is 0 Å². The van der Waals surface area contributed by atoms with Gasteiger partial charge in [-0.15, -0.1) is 5.11 Å². The maximum absolute atomic E-state index is 5.50. The minimum absolute atomic E-state index is 0.456. The summed E-state index contributed by atoms with van der Waals surface area (Å²) in [6.07, 6.45) is 1.70. The summed E-state index contributed by atoms with van der Waals surface area (Å²) in [4.78, 5) is 0. The molecule has 0 amide bonds. The molecule has 0 heterocycles. The van der Waals surface area contributed by atoms with Gasteiger partial charge in [0.25, 0.3) is 0 Å². The summed E-state index contributed by atoms with van der Waals surface area (Å²) in [7, 11) is 0. The van der Waals surface area contributed by atoms with Crippen LogP contribution in [0.1, 0.15) is 0 Å². The molecule has 0 atom stereocenters. The third kappa shape index (κ3) is 3.28. The van der Waals surface area contributed by atoms with E-state index in [1.54, 1.807) is 6.08 Å². The SMILES string of the molecule is C=CCOc1ccccc1N=Nc1ccccc1. The fourth-order valence-corrected chi connectivity index (χ4v) is 1.42. The van der Waals surface area contributed by atoms with Crippen molar-refractivity contribution in [1.82, 2.24) is 0 Å².